The number of hydrogen-bond donors (Lipinski definition) is 0. The summed E-state index contributed by atoms with van der Waals surface area (Å²) in [5.74, 6) is 1.60. The van der Waals surface area contributed by atoms with Crippen molar-refractivity contribution in [3.05, 3.63) is 70.6 Å². The van der Waals surface area contributed by atoms with Crippen molar-refractivity contribution < 1.29 is 9.47 Å². The summed E-state index contributed by atoms with van der Waals surface area (Å²) in [7, 11) is 0. The van der Waals surface area contributed by atoms with Crippen molar-refractivity contribution in [2.24, 2.45) is 0 Å². The monoisotopic (exact) mass is 379 g/mol. The number of hydrogen-bond acceptors (Lipinski definition) is 3. The van der Waals surface area contributed by atoms with Gasteiger partial charge in [-0.15, -0.1) is 0 Å². The molecule has 0 bridgehead atoms. The van der Waals surface area contributed by atoms with Crippen LogP contribution in [0.1, 0.15) is 40.2 Å². The molecule has 0 aliphatic carbocycles. The van der Waals surface area contributed by atoms with E-state index in [1.807, 2.05) is 56.4 Å². The lowest BCUT2D eigenvalue weighted by Crippen LogP contribution is -2.22. The topological polar surface area (TPSA) is 40.5 Å². The summed E-state index contributed by atoms with van der Waals surface area (Å²) in [4.78, 5) is 12.7. The van der Waals surface area contributed by atoms with Gasteiger partial charge in [0.2, 0.25) is 0 Å². The van der Waals surface area contributed by atoms with Gasteiger partial charge in [0.25, 0.3) is 5.56 Å². The van der Waals surface area contributed by atoms with Gasteiger partial charge in [-0.1, -0.05) is 32.9 Å². The fourth-order valence-electron chi connectivity index (χ4n) is 3.10. The lowest BCUT2D eigenvalue weighted by atomic mass is 9.87. The number of aromatic nitrogens is 1. The van der Waals surface area contributed by atoms with Crippen LogP contribution in [0.15, 0.2) is 59.5 Å². The van der Waals surface area contributed by atoms with Crippen LogP contribution in [-0.2, 0) is 12.0 Å². The molecule has 28 heavy (non-hydrogen) atoms. The highest BCUT2D eigenvalue weighted by atomic mass is 16.5. The van der Waals surface area contributed by atoms with E-state index in [2.05, 4.69) is 32.9 Å². The molecule has 3 rings (SSSR count). The summed E-state index contributed by atoms with van der Waals surface area (Å²) in [6.45, 7) is 11.5. The highest BCUT2D eigenvalue weighted by Gasteiger charge is 2.13. The fourth-order valence-corrected chi connectivity index (χ4v) is 3.10. The molecule has 0 aliphatic rings. The third-order valence-electron chi connectivity index (χ3n) is 4.64. The smallest absolute Gasteiger partial charge is 0.258 e. The third-order valence-corrected chi connectivity index (χ3v) is 4.64. The zero-order chi connectivity index (χ0) is 20.3. The van der Waals surface area contributed by atoms with Gasteiger partial charge >= 0.3 is 0 Å². The van der Waals surface area contributed by atoms with E-state index in [0.717, 1.165) is 16.9 Å². The number of nitrogens with zero attached hydrogens (tertiary/aromatic N) is 1. The van der Waals surface area contributed by atoms with Gasteiger partial charge in [0, 0.05) is 11.6 Å². The predicted molar refractivity (Wildman–Crippen MR) is 115 cm³/mol. The van der Waals surface area contributed by atoms with E-state index in [1.165, 1.54) is 5.56 Å². The Kier molecular flexibility index (Phi) is 5.78. The molecule has 0 radical (unpaired) electrons. The van der Waals surface area contributed by atoms with Crippen molar-refractivity contribution in [2.75, 3.05) is 6.61 Å². The Hall–Kier alpha value is -2.75. The molecule has 0 atom stereocenters. The number of benzene rings is 2. The van der Waals surface area contributed by atoms with Crippen LogP contribution in [0, 0.1) is 0 Å². The van der Waals surface area contributed by atoms with Crippen molar-refractivity contribution >= 4 is 10.8 Å². The van der Waals surface area contributed by atoms with Gasteiger partial charge in [0.15, 0.2) is 0 Å². The Morgan fingerprint density at radius 3 is 2.29 bits per heavy atom. The van der Waals surface area contributed by atoms with Crippen molar-refractivity contribution in [3.63, 3.8) is 0 Å². The molecule has 4 nitrogen and oxygen atoms in total. The van der Waals surface area contributed by atoms with E-state index >= 15 is 0 Å². The van der Waals surface area contributed by atoms with Gasteiger partial charge < -0.3 is 14.0 Å². The summed E-state index contributed by atoms with van der Waals surface area (Å²) in [6, 6.07) is 15.7. The first-order valence-corrected chi connectivity index (χ1v) is 9.77. The number of fused-ring (bicyclic) bond motifs is 1. The van der Waals surface area contributed by atoms with Crippen molar-refractivity contribution in [1.29, 1.82) is 0 Å². The van der Waals surface area contributed by atoms with Crippen LogP contribution in [0.2, 0.25) is 0 Å². The number of rotatable bonds is 6. The van der Waals surface area contributed by atoms with E-state index in [4.69, 9.17) is 9.47 Å². The molecule has 0 saturated carbocycles. The van der Waals surface area contributed by atoms with E-state index in [0.29, 0.717) is 18.5 Å². The van der Waals surface area contributed by atoms with E-state index in [9.17, 15) is 4.79 Å². The van der Waals surface area contributed by atoms with Gasteiger partial charge in [0.1, 0.15) is 18.1 Å². The first-order chi connectivity index (χ1) is 13.2. The van der Waals surface area contributed by atoms with Crippen LogP contribution in [0.5, 0.6) is 11.5 Å². The molecule has 1 heterocycles. The number of ether oxygens (including phenoxy) is 2. The van der Waals surface area contributed by atoms with Crippen molar-refractivity contribution in [1.82, 2.24) is 4.57 Å². The third kappa shape index (κ3) is 4.75. The van der Waals surface area contributed by atoms with E-state index in [-0.39, 0.29) is 17.1 Å². The highest BCUT2D eigenvalue weighted by molar-refractivity contribution is 5.82. The van der Waals surface area contributed by atoms with Crippen molar-refractivity contribution in [3.8, 4) is 11.5 Å². The molecule has 0 amide bonds. The van der Waals surface area contributed by atoms with Crippen LogP contribution in [0.25, 0.3) is 10.8 Å². The largest absolute Gasteiger partial charge is 0.492 e. The maximum Gasteiger partial charge on any atom is 0.258 e. The van der Waals surface area contributed by atoms with E-state index < -0.39 is 0 Å². The van der Waals surface area contributed by atoms with Crippen molar-refractivity contribution in [2.45, 2.75) is 52.7 Å². The predicted octanol–water partition coefficient (Wildman–Crippen LogP) is 5.17. The zero-order valence-electron chi connectivity index (χ0n) is 17.4. The van der Waals surface area contributed by atoms with Gasteiger partial charge in [-0.3, -0.25) is 4.79 Å². The Balaban J connectivity index is 1.67. The van der Waals surface area contributed by atoms with Crippen LogP contribution in [0.3, 0.4) is 0 Å². The second kappa shape index (κ2) is 8.09. The van der Waals surface area contributed by atoms with Crippen LogP contribution in [0.4, 0.5) is 0 Å². The minimum Gasteiger partial charge on any atom is -0.492 e. The Labute approximate surface area is 166 Å². The molecule has 0 aliphatic heterocycles. The Bertz CT molecular complexity index is 995. The molecule has 0 unspecified atom stereocenters. The standard InChI is InChI=1S/C24H29NO3/c1-17(2)28-21-10-11-22-18(16-21)12-13-25(23(22)26)14-15-27-20-8-6-19(7-9-20)24(3,4)5/h6-13,16-17H,14-15H2,1-5H3. The summed E-state index contributed by atoms with van der Waals surface area (Å²) in [5.41, 5.74) is 1.38. The molecular weight excluding hydrogens is 350 g/mol. The summed E-state index contributed by atoms with van der Waals surface area (Å²) in [6.07, 6.45) is 1.92. The van der Waals surface area contributed by atoms with Gasteiger partial charge in [-0.25, -0.2) is 0 Å². The minimum atomic E-state index is -0.0136. The SMILES string of the molecule is CC(C)Oc1ccc2c(=O)n(CCOc3ccc(C(C)(C)C)cc3)ccc2c1. The lowest BCUT2D eigenvalue weighted by molar-refractivity contribution is 0.243. The Morgan fingerprint density at radius 1 is 0.964 bits per heavy atom. The molecule has 0 spiro atoms. The molecule has 1 aromatic heterocycles. The zero-order valence-corrected chi connectivity index (χ0v) is 17.4. The molecule has 2 aromatic carbocycles. The summed E-state index contributed by atoms with van der Waals surface area (Å²) >= 11 is 0. The number of pyridine rings is 1. The average Bonchev–Trinajstić information content (AvgIpc) is 2.63. The average molecular weight is 380 g/mol. The van der Waals surface area contributed by atoms with Gasteiger partial charge in [-0.2, -0.15) is 0 Å². The molecule has 0 N–H and O–H groups in total. The normalized spacial score (nSPS) is 11.8. The van der Waals surface area contributed by atoms with Crippen LogP contribution >= 0.6 is 0 Å². The van der Waals surface area contributed by atoms with Gasteiger partial charge in [-0.05, 0) is 66.6 Å². The molecule has 0 fully saturated rings. The lowest BCUT2D eigenvalue weighted by Gasteiger charge is -2.19. The maximum atomic E-state index is 12.7. The first-order valence-electron chi connectivity index (χ1n) is 9.77. The molecule has 4 heteroatoms. The second-order valence-corrected chi connectivity index (χ2v) is 8.35. The fraction of sp³-hybridized carbons (Fsp3) is 0.375. The summed E-state index contributed by atoms with van der Waals surface area (Å²) in [5, 5.41) is 1.58. The highest BCUT2D eigenvalue weighted by Crippen LogP contribution is 2.24. The second-order valence-electron chi connectivity index (χ2n) is 8.35. The first kappa shape index (κ1) is 20.0. The summed E-state index contributed by atoms with van der Waals surface area (Å²) < 4.78 is 13.2. The quantitative estimate of drug-likeness (QED) is 0.593. The molecule has 148 valence electrons. The minimum absolute atomic E-state index is 0.0136. The molecular formula is C24H29NO3. The van der Waals surface area contributed by atoms with Crippen LogP contribution in [-0.4, -0.2) is 17.3 Å². The maximum absolute atomic E-state index is 12.7. The molecule has 0 saturated heterocycles. The van der Waals surface area contributed by atoms with Gasteiger partial charge in [0.05, 0.1) is 12.6 Å². The van der Waals surface area contributed by atoms with E-state index in [1.54, 1.807) is 4.57 Å². The van der Waals surface area contributed by atoms with Crippen LogP contribution < -0.4 is 15.0 Å². The Morgan fingerprint density at radius 2 is 1.64 bits per heavy atom. The molecule has 3 aromatic rings.